The van der Waals surface area contributed by atoms with Crippen molar-refractivity contribution < 1.29 is 8.42 Å². The molecule has 23 heavy (non-hydrogen) atoms. The number of nitrogens with one attached hydrogen (secondary N) is 1. The second-order valence-corrected chi connectivity index (χ2v) is 7.27. The molecule has 2 aromatic carbocycles. The molecule has 3 N–H and O–H groups in total. The minimum atomic E-state index is -3.28. The Morgan fingerprint density at radius 1 is 1.13 bits per heavy atom. The maximum atomic E-state index is 11.8. The van der Waals surface area contributed by atoms with E-state index < -0.39 is 9.84 Å². The molecule has 0 saturated carbocycles. The van der Waals surface area contributed by atoms with E-state index in [4.69, 9.17) is 5.73 Å². The first-order valence-corrected chi connectivity index (χ1v) is 8.88. The molecule has 1 aromatic heterocycles. The van der Waals surface area contributed by atoms with Gasteiger partial charge in [0.1, 0.15) is 5.82 Å². The zero-order chi connectivity index (χ0) is 16.4. The van der Waals surface area contributed by atoms with Crippen molar-refractivity contribution in [2.75, 3.05) is 12.0 Å². The SMILES string of the molecule is CS(=O)(=O)c1ccccc1Cc1nc(-c2cccc(N)c2)n[nH]1. The summed E-state index contributed by atoms with van der Waals surface area (Å²) in [7, 11) is -3.28. The van der Waals surface area contributed by atoms with Crippen molar-refractivity contribution in [3.8, 4) is 11.4 Å². The summed E-state index contributed by atoms with van der Waals surface area (Å²) >= 11 is 0. The smallest absolute Gasteiger partial charge is 0.181 e. The molecule has 0 saturated heterocycles. The number of sulfone groups is 1. The molecule has 0 atom stereocenters. The summed E-state index contributed by atoms with van der Waals surface area (Å²) in [6.45, 7) is 0. The third kappa shape index (κ3) is 3.40. The summed E-state index contributed by atoms with van der Waals surface area (Å²) < 4.78 is 23.7. The average molecular weight is 328 g/mol. The van der Waals surface area contributed by atoms with Gasteiger partial charge in [-0.1, -0.05) is 30.3 Å². The first-order valence-electron chi connectivity index (χ1n) is 6.98. The molecule has 0 amide bonds. The van der Waals surface area contributed by atoms with Gasteiger partial charge in [-0.2, -0.15) is 5.10 Å². The predicted octanol–water partition coefficient (Wildman–Crippen LogP) is 2.05. The van der Waals surface area contributed by atoms with Crippen LogP contribution in [0.25, 0.3) is 11.4 Å². The molecule has 0 aliphatic heterocycles. The summed E-state index contributed by atoms with van der Waals surface area (Å²) in [5.41, 5.74) is 7.89. The van der Waals surface area contributed by atoms with Crippen molar-refractivity contribution in [3.63, 3.8) is 0 Å². The lowest BCUT2D eigenvalue weighted by Gasteiger charge is -2.05. The number of benzene rings is 2. The van der Waals surface area contributed by atoms with Crippen molar-refractivity contribution in [1.82, 2.24) is 15.2 Å². The van der Waals surface area contributed by atoms with Gasteiger partial charge in [0.2, 0.25) is 0 Å². The van der Waals surface area contributed by atoms with E-state index in [0.717, 1.165) is 5.56 Å². The number of anilines is 1. The van der Waals surface area contributed by atoms with Crippen LogP contribution < -0.4 is 5.73 Å². The Hall–Kier alpha value is -2.67. The quantitative estimate of drug-likeness (QED) is 0.714. The van der Waals surface area contributed by atoms with Crippen LogP contribution in [0, 0.1) is 0 Å². The molecule has 3 aromatic rings. The molecule has 1 heterocycles. The van der Waals surface area contributed by atoms with Crippen LogP contribution in [0.3, 0.4) is 0 Å². The third-order valence-electron chi connectivity index (χ3n) is 3.41. The maximum Gasteiger partial charge on any atom is 0.181 e. The number of hydrogen-bond acceptors (Lipinski definition) is 5. The molecular formula is C16H16N4O2S. The average Bonchev–Trinajstić information content (AvgIpc) is 2.95. The molecule has 0 radical (unpaired) electrons. The summed E-state index contributed by atoms with van der Waals surface area (Å²) in [6, 6.07) is 14.2. The van der Waals surface area contributed by atoms with Crippen molar-refractivity contribution in [2.45, 2.75) is 11.3 Å². The van der Waals surface area contributed by atoms with Gasteiger partial charge in [0, 0.05) is 23.9 Å². The molecule has 6 nitrogen and oxygen atoms in total. The number of nitrogen functional groups attached to an aromatic ring is 1. The second kappa shape index (κ2) is 5.85. The molecule has 0 unspecified atom stereocenters. The Balaban J connectivity index is 1.92. The van der Waals surface area contributed by atoms with Crippen LogP contribution in [-0.4, -0.2) is 29.9 Å². The van der Waals surface area contributed by atoms with Crippen LogP contribution >= 0.6 is 0 Å². The van der Waals surface area contributed by atoms with Crippen LogP contribution in [-0.2, 0) is 16.3 Å². The first-order chi connectivity index (χ1) is 10.9. The van der Waals surface area contributed by atoms with Crippen LogP contribution in [0.5, 0.6) is 0 Å². The van der Waals surface area contributed by atoms with Crippen molar-refractivity contribution in [3.05, 3.63) is 59.9 Å². The van der Waals surface area contributed by atoms with Gasteiger partial charge >= 0.3 is 0 Å². The van der Waals surface area contributed by atoms with Crippen molar-refractivity contribution in [2.24, 2.45) is 0 Å². The number of rotatable bonds is 4. The third-order valence-corrected chi connectivity index (χ3v) is 4.60. The summed E-state index contributed by atoms with van der Waals surface area (Å²) in [6.07, 6.45) is 1.56. The van der Waals surface area contributed by atoms with Gasteiger partial charge in [-0.3, -0.25) is 5.10 Å². The van der Waals surface area contributed by atoms with Gasteiger partial charge in [0.05, 0.1) is 4.90 Å². The van der Waals surface area contributed by atoms with E-state index in [1.807, 2.05) is 12.1 Å². The Kier molecular flexibility index (Phi) is 3.87. The van der Waals surface area contributed by atoms with Crippen LogP contribution in [0.2, 0.25) is 0 Å². The van der Waals surface area contributed by atoms with Crippen molar-refractivity contribution >= 4 is 15.5 Å². The van der Waals surface area contributed by atoms with Gasteiger partial charge in [-0.15, -0.1) is 0 Å². The fraction of sp³-hybridized carbons (Fsp3) is 0.125. The molecule has 0 bridgehead atoms. The van der Waals surface area contributed by atoms with Crippen molar-refractivity contribution in [1.29, 1.82) is 0 Å². The largest absolute Gasteiger partial charge is 0.399 e. The highest BCUT2D eigenvalue weighted by molar-refractivity contribution is 7.90. The fourth-order valence-electron chi connectivity index (χ4n) is 2.37. The van der Waals surface area contributed by atoms with Crippen LogP contribution in [0.1, 0.15) is 11.4 Å². The van der Waals surface area contributed by atoms with Gasteiger partial charge in [-0.25, -0.2) is 13.4 Å². The van der Waals surface area contributed by atoms with E-state index in [2.05, 4.69) is 15.2 Å². The molecule has 0 aliphatic carbocycles. The lowest BCUT2D eigenvalue weighted by Crippen LogP contribution is -2.03. The molecule has 3 rings (SSSR count). The minimum Gasteiger partial charge on any atom is -0.399 e. The van der Waals surface area contributed by atoms with E-state index >= 15 is 0 Å². The number of nitrogens with zero attached hydrogens (tertiary/aromatic N) is 2. The monoisotopic (exact) mass is 328 g/mol. The first kappa shape index (κ1) is 15.2. The fourth-order valence-corrected chi connectivity index (χ4v) is 3.32. The van der Waals surface area contributed by atoms with E-state index in [9.17, 15) is 8.42 Å². The predicted molar refractivity (Wildman–Crippen MR) is 88.6 cm³/mol. The zero-order valence-corrected chi connectivity index (χ0v) is 13.3. The van der Waals surface area contributed by atoms with Gasteiger partial charge in [0.25, 0.3) is 0 Å². The molecule has 118 valence electrons. The molecular weight excluding hydrogens is 312 g/mol. The van der Waals surface area contributed by atoms with Crippen LogP contribution in [0.15, 0.2) is 53.4 Å². The Bertz CT molecular complexity index is 948. The highest BCUT2D eigenvalue weighted by Gasteiger charge is 2.14. The van der Waals surface area contributed by atoms with E-state index in [1.54, 1.807) is 36.4 Å². The molecule has 7 heteroatoms. The number of H-pyrrole nitrogens is 1. The summed E-state index contributed by atoms with van der Waals surface area (Å²) in [5, 5.41) is 7.03. The maximum absolute atomic E-state index is 11.8. The Labute approximate surface area is 134 Å². The summed E-state index contributed by atoms with van der Waals surface area (Å²) in [4.78, 5) is 4.73. The number of aromatic amines is 1. The second-order valence-electron chi connectivity index (χ2n) is 5.29. The number of hydrogen-bond donors (Lipinski definition) is 2. The topological polar surface area (TPSA) is 102 Å². The van der Waals surface area contributed by atoms with E-state index in [0.29, 0.717) is 34.2 Å². The van der Waals surface area contributed by atoms with Gasteiger partial charge in [-0.05, 0) is 23.8 Å². The summed E-state index contributed by atoms with van der Waals surface area (Å²) in [5.74, 6) is 1.13. The van der Waals surface area contributed by atoms with Gasteiger partial charge in [0.15, 0.2) is 15.7 Å². The zero-order valence-electron chi connectivity index (χ0n) is 12.5. The Morgan fingerprint density at radius 3 is 2.65 bits per heavy atom. The standard InChI is InChI=1S/C16H16N4O2S/c1-23(21,22)14-8-3-2-5-11(14)10-15-18-16(20-19-15)12-6-4-7-13(17)9-12/h2-9H,10,17H2,1H3,(H,18,19,20). The van der Waals surface area contributed by atoms with Crippen LogP contribution in [0.4, 0.5) is 5.69 Å². The number of aromatic nitrogens is 3. The van der Waals surface area contributed by atoms with E-state index in [-0.39, 0.29) is 0 Å². The molecule has 0 spiro atoms. The lowest BCUT2D eigenvalue weighted by molar-refractivity contribution is 0.601. The highest BCUT2D eigenvalue weighted by atomic mass is 32.2. The van der Waals surface area contributed by atoms with E-state index in [1.165, 1.54) is 6.26 Å². The van der Waals surface area contributed by atoms with Gasteiger partial charge < -0.3 is 5.73 Å². The highest BCUT2D eigenvalue weighted by Crippen LogP contribution is 2.20. The molecule has 0 aliphatic rings. The normalized spacial score (nSPS) is 11.5. The molecule has 0 fully saturated rings. The number of nitrogens with two attached hydrogens (primary N) is 1. The Morgan fingerprint density at radius 2 is 1.91 bits per heavy atom. The minimum absolute atomic E-state index is 0.307. The lowest BCUT2D eigenvalue weighted by atomic mass is 10.1.